The molecule has 1 rings (SSSR count). The summed E-state index contributed by atoms with van der Waals surface area (Å²) in [6, 6.07) is 1.02. The van der Waals surface area contributed by atoms with E-state index in [1.807, 2.05) is 0 Å². The van der Waals surface area contributed by atoms with E-state index in [4.69, 9.17) is 5.11 Å². The van der Waals surface area contributed by atoms with Gasteiger partial charge in [-0.1, -0.05) is 19.8 Å². The number of hydrogen-bond donors (Lipinski definition) is 2. The summed E-state index contributed by atoms with van der Waals surface area (Å²) in [5, 5.41) is 12.4. The maximum absolute atomic E-state index is 8.92. The maximum atomic E-state index is 8.92. The summed E-state index contributed by atoms with van der Waals surface area (Å²) in [5.74, 6) is 0. The first kappa shape index (κ1) is 9.01. The number of aliphatic hydroxyl groups is 1. The predicted molar refractivity (Wildman–Crippen MR) is 46.6 cm³/mol. The van der Waals surface area contributed by atoms with Gasteiger partial charge in [-0.05, 0) is 19.3 Å². The molecule has 1 atom stereocenters. The zero-order valence-electron chi connectivity index (χ0n) is 7.34. The second-order valence-corrected chi connectivity index (χ2v) is 3.44. The zero-order valence-corrected chi connectivity index (χ0v) is 7.34. The molecule has 2 N–H and O–H groups in total. The van der Waals surface area contributed by atoms with Crippen LogP contribution in [-0.2, 0) is 0 Å². The second-order valence-electron chi connectivity index (χ2n) is 3.44. The molecule has 0 amide bonds. The molecule has 1 aliphatic carbocycles. The Hall–Kier alpha value is -0.0800. The molecule has 0 heterocycles. The molecule has 0 aromatic heterocycles. The second kappa shape index (κ2) is 4.73. The molecule has 66 valence electrons. The summed E-state index contributed by atoms with van der Waals surface area (Å²) in [6.45, 7) is 2.40. The summed E-state index contributed by atoms with van der Waals surface area (Å²) in [5.41, 5.74) is 0. The molecule has 0 radical (unpaired) electrons. The van der Waals surface area contributed by atoms with E-state index in [0.717, 1.165) is 6.42 Å². The number of rotatable bonds is 4. The monoisotopic (exact) mass is 157 g/mol. The van der Waals surface area contributed by atoms with Crippen LogP contribution in [0.15, 0.2) is 0 Å². The van der Waals surface area contributed by atoms with Crippen molar-refractivity contribution in [1.82, 2.24) is 5.32 Å². The van der Waals surface area contributed by atoms with Gasteiger partial charge in [-0.2, -0.15) is 0 Å². The largest absolute Gasteiger partial charge is 0.395 e. The third-order valence-electron chi connectivity index (χ3n) is 2.54. The fourth-order valence-corrected chi connectivity index (χ4v) is 1.73. The van der Waals surface area contributed by atoms with Gasteiger partial charge in [-0.3, -0.25) is 0 Å². The van der Waals surface area contributed by atoms with E-state index in [0.29, 0.717) is 12.1 Å². The fourth-order valence-electron chi connectivity index (χ4n) is 1.73. The van der Waals surface area contributed by atoms with Crippen LogP contribution >= 0.6 is 0 Å². The lowest BCUT2D eigenvalue weighted by Gasteiger charge is -2.19. The van der Waals surface area contributed by atoms with Crippen molar-refractivity contribution in [1.29, 1.82) is 0 Å². The molecule has 0 saturated heterocycles. The van der Waals surface area contributed by atoms with Gasteiger partial charge in [0.2, 0.25) is 0 Å². The Labute approximate surface area is 69.0 Å². The zero-order chi connectivity index (χ0) is 8.10. The first-order valence-electron chi connectivity index (χ1n) is 4.73. The lowest BCUT2D eigenvalue weighted by atomic mass is 10.2. The normalized spacial score (nSPS) is 22.4. The van der Waals surface area contributed by atoms with Gasteiger partial charge >= 0.3 is 0 Å². The Morgan fingerprint density at radius 2 is 2.09 bits per heavy atom. The smallest absolute Gasteiger partial charge is 0.0584 e. The SMILES string of the molecule is CC[C@H](CO)NC1CCCC1. The highest BCUT2D eigenvalue weighted by Crippen LogP contribution is 2.18. The lowest BCUT2D eigenvalue weighted by Crippen LogP contribution is -2.38. The van der Waals surface area contributed by atoms with Gasteiger partial charge in [0.15, 0.2) is 0 Å². The van der Waals surface area contributed by atoms with Gasteiger partial charge in [0.05, 0.1) is 6.61 Å². The Balaban J connectivity index is 2.16. The van der Waals surface area contributed by atoms with E-state index in [1.54, 1.807) is 0 Å². The molecule has 0 bridgehead atoms. The van der Waals surface area contributed by atoms with E-state index >= 15 is 0 Å². The van der Waals surface area contributed by atoms with Crippen molar-refractivity contribution in [3.05, 3.63) is 0 Å². The Bertz CT molecular complexity index is 95.7. The average molecular weight is 157 g/mol. The highest BCUT2D eigenvalue weighted by molar-refractivity contribution is 4.77. The molecule has 1 aliphatic rings. The number of aliphatic hydroxyl groups excluding tert-OH is 1. The lowest BCUT2D eigenvalue weighted by molar-refractivity contribution is 0.227. The van der Waals surface area contributed by atoms with Crippen molar-refractivity contribution in [2.24, 2.45) is 0 Å². The molecule has 1 fully saturated rings. The van der Waals surface area contributed by atoms with Gasteiger partial charge in [0.25, 0.3) is 0 Å². The third kappa shape index (κ3) is 2.80. The highest BCUT2D eigenvalue weighted by atomic mass is 16.3. The number of nitrogens with one attached hydrogen (secondary N) is 1. The predicted octanol–water partition coefficient (Wildman–Crippen LogP) is 1.29. The highest BCUT2D eigenvalue weighted by Gasteiger charge is 2.17. The Morgan fingerprint density at radius 1 is 1.45 bits per heavy atom. The summed E-state index contributed by atoms with van der Waals surface area (Å²) in [6.07, 6.45) is 6.36. The molecule has 0 aromatic rings. The topological polar surface area (TPSA) is 32.3 Å². The number of hydrogen-bond acceptors (Lipinski definition) is 2. The Morgan fingerprint density at radius 3 is 2.55 bits per heavy atom. The first-order chi connectivity index (χ1) is 5.36. The minimum Gasteiger partial charge on any atom is -0.395 e. The molecule has 0 spiro atoms. The summed E-state index contributed by atoms with van der Waals surface area (Å²) in [4.78, 5) is 0. The fraction of sp³-hybridized carbons (Fsp3) is 1.00. The molecular weight excluding hydrogens is 138 g/mol. The van der Waals surface area contributed by atoms with E-state index in [9.17, 15) is 0 Å². The first-order valence-corrected chi connectivity index (χ1v) is 4.73. The van der Waals surface area contributed by atoms with Gasteiger partial charge < -0.3 is 10.4 Å². The van der Waals surface area contributed by atoms with Gasteiger partial charge in [0, 0.05) is 12.1 Å². The molecule has 0 aromatic carbocycles. The van der Waals surface area contributed by atoms with Crippen molar-refractivity contribution in [3.63, 3.8) is 0 Å². The molecule has 0 aliphatic heterocycles. The summed E-state index contributed by atoms with van der Waals surface area (Å²) in [7, 11) is 0. The van der Waals surface area contributed by atoms with Gasteiger partial charge in [-0.15, -0.1) is 0 Å². The minimum absolute atomic E-state index is 0.285. The van der Waals surface area contributed by atoms with Gasteiger partial charge in [0.1, 0.15) is 0 Å². The van der Waals surface area contributed by atoms with E-state index < -0.39 is 0 Å². The molecule has 2 heteroatoms. The van der Waals surface area contributed by atoms with E-state index in [-0.39, 0.29) is 6.61 Å². The van der Waals surface area contributed by atoms with Crippen LogP contribution in [0.25, 0.3) is 0 Å². The van der Waals surface area contributed by atoms with Crippen LogP contribution < -0.4 is 5.32 Å². The quantitative estimate of drug-likeness (QED) is 0.644. The van der Waals surface area contributed by atoms with Gasteiger partial charge in [-0.25, -0.2) is 0 Å². The summed E-state index contributed by atoms with van der Waals surface area (Å²) >= 11 is 0. The third-order valence-corrected chi connectivity index (χ3v) is 2.54. The Kier molecular flexibility index (Phi) is 3.87. The van der Waals surface area contributed by atoms with E-state index in [2.05, 4.69) is 12.2 Å². The molecule has 0 unspecified atom stereocenters. The maximum Gasteiger partial charge on any atom is 0.0584 e. The van der Waals surface area contributed by atoms with Crippen LogP contribution in [0.4, 0.5) is 0 Å². The minimum atomic E-state index is 0.285. The van der Waals surface area contributed by atoms with Crippen molar-refractivity contribution < 1.29 is 5.11 Å². The van der Waals surface area contributed by atoms with Crippen molar-refractivity contribution in [2.45, 2.75) is 51.1 Å². The molecular formula is C9H19NO. The van der Waals surface area contributed by atoms with Crippen LogP contribution in [-0.4, -0.2) is 23.8 Å². The van der Waals surface area contributed by atoms with Crippen LogP contribution in [0.5, 0.6) is 0 Å². The average Bonchev–Trinajstić information content (AvgIpc) is 2.52. The van der Waals surface area contributed by atoms with Crippen molar-refractivity contribution in [3.8, 4) is 0 Å². The molecule has 1 saturated carbocycles. The van der Waals surface area contributed by atoms with Crippen LogP contribution in [0, 0.1) is 0 Å². The van der Waals surface area contributed by atoms with Crippen molar-refractivity contribution >= 4 is 0 Å². The van der Waals surface area contributed by atoms with Crippen molar-refractivity contribution in [2.75, 3.05) is 6.61 Å². The standard InChI is InChI=1S/C9H19NO/c1-2-8(7-11)10-9-5-3-4-6-9/h8-11H,2-7H2,1H3/t8-/m1/s1. The summed E-state index contributed by atoms with van der Waals surface area (Å²) < 4.78 is 0. The van der Waals surface area contributed by atoms with Crippen LogP contribution in [0.2, 0.25) is 0 Å². The van der Waals surface area contributed by atoms with Crippen LogP contribution in [0.1, 0.15) is 39.0 Å². The van der Waals surface area contributed by atoms with E-state index in [1.165, 1.54) is 25.7 Å². The van der Waals surface area contributed by atoms with Crippen LogP contribution in [0.3, 0.4) is 0 Å². The molecule has 2 nitrogen and oxygen atoms in total. The molecule has 11 heavy (non-hydrogen) atoms.